The summed E-state index contributed by atoms with van der Waals surface area (Å²) in [5.41, 5.74) is 4.52. The molecule has 29 heavy (non-hydrogen) atoms. The van der Waals surface area contributed by atoms with Crippen molar-refractivity contribution >= 4 is 17.7 Å². The zero-order valence-electron chi connectivity index (χ0n) is 16.2. The van der Waals surface area contributed by atoms with Gasteiger partial charge in [0.2, 0.25) is 0 Å². The van der Waals surface area contributed by atoms with E-state index in [9.17, 15) is 9.59 Å². The molecule has 8 nitrogen and oxygen atoms in total. The highest BCUT2D eigenvalue weighted by atomic mass is 16.5. The van der Waals surface area contributed by atoms with Crippen LogP contribution < -0.4 is 5.32 Å². The summed E-state index contributed by atoms with van der Waals surface area (Å²) >= 11 is 0. The normalized spacial score (nSPS) is 15.5. The van der Waals surface area contributed by atoms with Gasteiger partial charge in [-0.3, -0.25) is 4.98 Å². The summed E-state index contributed by atoms with van der Waals surface area (Å²) in [6, 6.07) is 8.25. The number of pyridine rings is 1. The fourth-order valence-corrected chi connectivity index (χ4v) is 3.56. The molecule has 1 atom stereocenters. The zero-order valence-corrected chi connectivity index (χ0v) is 16.2. The summed E-state index contributed by atoms with van der Waals surface area (Å²) in [6.45, 7) is 2.40. The number of carbonyl (C=O) groups is 2. The molecule has 2 amide bonds. The van der Waals surface area contributed by atoms with Gasteiger partial charge in [-0.15, -0.1) is 0 Å². The molecule has 8 heteroatoms. The number of carbonyl (C=O) groups excluding carboxylic acids is 2. The molecule has 4 rings (SSSR count). The standard InChI is InChI=1S/C21H21N5O3/c1-13-5-6-14(20(27)29-2)10-17(13)25-21(28)26-9-7-16-18(24-12-23-16)19(26)15-4-3-8-22-11-15/h3-6,8,10-12,19H,7,9H2,1-2H3,(H,23,24)(H,25,28). The number of aromatic nitrogens is 3. The summed E-state index contributed by atoms with van der Waals surface area (Å²) in [5, 5.41) is 2.94. The summed E-state index contributed by atoms with van der Waals surface area (Å²) in [4.78, 5) is 38.6. The number of aryl methyl sites for hydroxylation is 1. The first-order chi connectivity index (χ1) is 14.1. The number of urea groups is 1. The Bertz CT molecular complexity index is 1050. The zero-order chi connectivity index (χ0) is 20.4. The lowest BCUT2D eigenvalue weighted by molar-refractivity contribution is 0.0600. The van der Waals surface area contributed by atoms with E-state index in [1.807, 2.05) is 19.1 Å². The quantitative estimate of drug-likeness (QED) is 0.669. The van der Waals surface area contributed by atoms with Gasteiger partial charge in [0.15, 0.2) is 0 Å². The largest absolute Gasteiger partial charge is 0.465 e. The van der Waals surface area contributed by atoms with Crippen LogP contribution in [0.15, 0.2) is 49.1 Å². The Kier molecular flexibility index (Phi) is 4.99. The van der Waals surface area contributed by atoms with Gasteiger partial charge < -0.3 is 19.9 Å². The van der Waals surface area contributed by atoms with E-state index in [-0.39, 0.29) is 12.1 Å². The number of ether oxygens (including phenoxy) is 1. The third-order valence-electron chi connectivity index (χ3n) is 5.09. The van der Waals surface area contributed by atoms with Gasteiger partial charge in [0.05, 0.1) is 24.7 Å². The number of esters is 1. The maximum Gasteiger partial charge on any atom is 0.337 e. The second-order valence-corrected chi connectivity index (χ2v) is 6.85. The molecule has 0 aliphatic carbocycles. The van der Waals surface area contributed by atoms with Crippen LogP contribution in [0.1, 0.15) is 38.9 Å². The Balaban J connectivity index is 1.65. The number of benzene rings is 1. The van der Waals surface area contributed by atoms with Crippen LogP contribution in [0, 0.1) is 6.92 Å². The number of imidazole rings is 1. The summed E-state index contributed by atoms with van der Waals surface area (Å²) in [5.74, 6) is -0.451. The molecule has 0 fully saturated rings. The van der Waals surface area contributed by atoms with Crippen molar-refractivity contribution in [1.29, 1.82) is 0 Å². The summed E-state index contributed by atoms with van der Waals surface area (Å²) < 4.78 is 4.78. The molecular formula is C21H21N5O3. The van der Waals surface area contributed by atoms with Gasteiger partial charge in [-0.05, 0) is 36.2 Å². The fourth-order valence-electron chi connectivity index (χ4n) is 3.56. The summed E-state index contributed by atoms with van der Waals surface area (Å²) in [7, 11) is 1.33. The first-order valence-electron chi connectivity index (χ1n) is 9.27. The maximum atomic E-state index is 13.2. The average Bonchev–Trinajstić information content (AvgIpc) is 3.23. The molecule has 0 saturated carbocycles. The molecule has 0 spiro atoms. The van der Waals surface area contributed by atoms with Crippen molar-refractivity contribution in [1.82, 2.24) is 19.9 Å². The lowest BCUT2D eigenvalue weighted by atomic mass is 9.97. The number of nitrogens with zero attached hydrogens (tertiary/aromatic N) is 3. The molecule has 1 unspecified atom stereocenters. The van der Waals surface area contributed by atoms with Gasteiger partial charge >= 0.3 is 12.0 Å². The number of H-pyrrole nitrogens is 1. The van der Waals surface area contributed by atoms with E-state index in [2.05, 4.69) is 20.3 Å². The SMILES string of the molecule is COC(=O)c1ccc(C)c(NC(=O)N2CCc3[nH]cnc3C2c2cccnc2)c1. The second-order valence-electron chi connectivity index (χ2n) is 6.85. The number of nitrogens with one attached hydrogen (secondary N) is 2. The highest BCUT2D eigenvalue weighted by Gasteiger charge is 2.34. The van der Waals surface area contributed by atoms with E-state index in [0.29, 0.717) is 24.2 Å². The molecule has 1 aliphatic heterocycles. The van der Waals surface area contributed by atoms with E-state index >= 15 is 0 Å². The van der Waals surface area contributed by atoms with Gasteiger partial charge in [-0.1, -0.05) is 12.1 Å². The van der Waals surface area contributed by atoms with E-state index < -0.39 is 5.97 Å². The number of aromatic amines is 1. The first kappa shape index (κ1) is 18.7. The topological polar surface area (TPSA) is 100 Å². The lowest BCUT2D eigenvalue weighted by Crippen LogP contribution is -2.43. The third-order valence-corrected chi connectivity index (χ3v) is 5.09. The number of hydrogen-bond acceptors (Lipinski definition) is 5. The van der Waals surface area contributed by atoms with E-state index in [0.717, 1.165) is 22.5 Å². The molecule has 2 aromatic heterocycles. The van der Waals surface area contributed by atoms with Gasteiger partial charge in [0.25, 0.3) is 0 Å². The lowest BCUT2D eigenvalue weighted by Gasteiger charge is -2.35. The minimum absolute atomic E-state index is 0.266. The highest BCUT2D eigenvalue weighted by molar-refractivity contribution is 5.95. The molecule has 1 aromatic carbocycles. The van der Waals surface area contributed by atoms with Crippen LogP contribution >= 0.6 is 0 Å². The molecule has 0 saturated heterocycles. The minimum atomic E-state index is -0.451. The van der Waals surface area contributed by atoms with Crippen LogP contribution in [0.2, 0.25) is 0 Å². The van der Waals surface area contributed by atoms with Crippen molar-refractivity contribution in [2.24, 2.45) is 0 Å². The first-order valence-corrected chi connectivity index (χ1v) is 9.27. The molecule has 148 valence electrons. The molecule has 0 bridgehead atoms. The molecule has 1 aliphatic rings. The van der Waals surface area contributed by atoms with E-state index in [1.54, 1.807) is 41.8 Å². The average molecular weight is 391 g/mol. The predicted octanol–water partition coefficient (Wildman–Crippen LogP) is 3.08. The molecular weight excluding hydrogens is 370 g/mol. The van der Waals surface area contributed by atoms with Gasteiger partial charge in [0.1, 0.15) is 6.04 Å². The van der Waals surface area contributed by atoms with Crippen molar-refractivity contribution in [3.05, 3.63) is 77.1 Å². The molecule has 3 aromatic rings. The number of anilines is 1. The Morgan fingerprint density at radius 3 is 2.93 bits per heavy atom. The van der Waals surface area contributed by atoms with Crippen LogP contribution in [0.25, 0.3) is 0 Å². The number of hydrogen-bond donors (Lipinski definition) is 2. The number of fused-ring (bicyclic) bond motifs is 1. The third kappa shape index (κ3) is 3.56. The summed E-state index contributed by atoms with van der Waals surface area (Å²) in [6.07, 6.45) is 5.78. The molecule has 2 N–H and O–H groups in total. The van der Waals surface area contributed by atoms with Crippen molar-refractivity contribution in [2.75, 3.05) is 19.0 Å². The van der Waals surface area contributed by atoms with Crippen LogP contribution in [-0.2, 0) is 11.2 Å². The Morgan fingerprint density at radius 2 is 2.17 bits per heavy atom. The van der Waals surface area contributed by atoms with E-state index in [4.69, 9.17) is 4.74 Å². The van der Waals surface area contributed by atoms with Gasteiger partial charge in [-0.25, -0.2) is 14.6 Å². The van der Waals surface area contributed by atoms with Gasteiger partial charge in [0, 0.05) is 36.7 Å². The predicted molar refractivity (Wildman–Crippen MR) is 107 cm³/mol. The van der Waals surface area contributed by atoms with Crippen LogP contribution in [-0.4, -0.2) is 45.5 Å². The van der Waals surface area contributed by atoms with Crippen molar-refractivity contribution < 1.29 is 14.3 Å². The number of amides is 2. The van der Waals surface area contributed by atoms with Crippen LogP contribution in [0.5, 0.6) is 0 Å². The van der Waals surface area contributed by atoms with Crippen molar-refractivity contribution in [2.45, 2.75) is 19.4 Å². The maximum absolute atomic E-state index is 13.2. The van der Waals surface area contributed by atoms with Crippen LogP contribution in [0.4, 0.5) is 10.5 Å². The van der Waals surface area contributed by atoms with Crippen LogP contribution in [0.3, 0.4) is 0 Å². The van der Waals surface area contributed by atoms with Crippen molar-refractivity contribution in [3.63, 3.8) is 0 Å². The number of methoxy groups -OCH3 is 1. The Labute approximate surface area is 167 Å². The minimum Gasteiger partial charge on any atom is -0.465 e. The smallest absolute Gasteiger partial charge is 0.337 e. The van der Waals surface area contributed by atoms with Crippen molar-refractivity contribution in [3.8, 4) is 0 Å². The second kappa shape index (κ2) is 7.75. The van der Waals surface area contributed by atoms with Gasteiger partial charge in [-0.2, -0.15) is 0 Å². The fraction of sp³-hybridized carbons (Fsp3) is 0.238. The monoisotopic (exact) mass is 391 g/mol. The Hall–Kier alpha value is -3.68. The highest BCUT2D eigenvalue weighted by Crippen LogP contribution is 2.33. The molecule has 0 radical (unpaired) electrons. The Morgan fingerprint density at radius 1 is 1.31 bits per heavy atom. The number of rotatable bonds is 3. The molecule has 3 heterocycles. The van der Waals surface area contributed by atoms with E-state index in [1.165, 1.54) is 7.11 Å².